The summed E-state index contributed by atoms with van der Waals surface area (Å²) in [5.41, 5.74) is 5.64. The number of carbonyl (C=O) groups excluding carboxylic acids is 3. The lowest BCUT2D eigenvalue weighted by molar-refractivity contribution is -0.142. The lowest BCUT2D eigenvalue weighted by Gasteiger charge is -2.14. The van der Waals surface area contributed by atoms with Crippen molar-refractivity contribution in [3.05, 3.63) is 0 Å². The molecule has 0 aliphatic rings. The fraction of sp³-hybridized carbons (Fsp3) is 0.692. The van der Waals surface area contributed by atoms with Crippen LogP contribution in [0.4, 0.5) is 0 Å². The van der Waals surface area contributed by atoms with E-state index in [1.807, 2.05) is 19.2 Å². The minimum absolute atomic E-state index is 0.238. The van der Waals surface area contributed by atoms with Gasteiger partial charge in [-0.3, -0.25) is 14.4 Å². The highest BCUT2D eigenvalue weighted by molar-refractivity contribution is 5.90. The number of aliphatic hydroxyl groups is 1. The molecule has 132 valence electrons. The Labute approximate surface area is 133 Å². The lowest BCUT2D eigenvalue weighted by atomic mass is 10.0. The average Bonchev–Trinajstić information content (AvgIpc) is 2.46. The first-order chi connectivity index (χ1) is 10.7. The minimum Gasteiger partial charge on any atom is -0.480 e. The van der Waals surface area contributed by atoms with Crippen molar-refractivity contribution in [3.8, 4) is 0 Å². The van der Waals surface area contributed by atoms with Crippen molar-refractivity contribution in [2.45, 2.75) is 32.4 Å². The molecule has 23 heavy (non-hydrogen) atoms. The number of amides is 3. The van der Waals surface area contributed by atoms with Crippen molar-refractivity contribution >= 4 is 23.7 Å². The third kappa shape index (κ3) is 9.42. The van der Waals surface area contributed by atoms with E-state index in [1.165, 1.54) is 0 Å². The number of hydrogen-bond acceptors (Lipinski definition) is 6. The minimum atomic E-state index is -1.44. The summed E-state index contributed by atoms with van der Waals surface area (Å²) in [4.78, 5) is 45.0. The summed E-state index contributed by atoms with van der Waals surface area (Å²) in [6.45, 7) is 2.24. The van der Waals surface area contributed by atoms with Crippen LogP contribution < -0.4 is 21.7 Å². The topological polar surface area (TPSA) is 171 Å². The van der Waals surface area contributed by atoms with E-state index in [0.29, 0.717) is 6.42 Å². The molecule has 10 nitrogen and oxygen atoms in total. The molecule has 7 N–H and O–H groups in total. The molecule has 0 rings (SSSR count). The van der Waals surface area contributed by atoms with Crippen LogP contribution in [-0.2, 0) is 19.2 Å². The van der Waals surface area contributed by atoms with Gasteiger partial charge in [0.15, 0.2) is 0 Å². The van der Waals surface area contributed by atoms with Crippen LogP contribution in [0.25, 0.3) is 0 Å². The number of carboxylic acid groups (broad SMARTS) is 1. The van der Waals surface area contributed by atoms with Gasteiger partial charge in [-0.2, -0.15) is 0 Å². The Bertz CT molecular complexity index is 440. The van der Waals surface area contributed by atoms with Crippen LogP contribution in [0.1, 0.15) is 20.3 Å². The Morgan fingerprint density at radius 1 is 1.04 bits per heavy atom. The van der Waals surface area contributed by atoms with Crippen molar-refractivity contribution in [3.63, 3.8) is 0 Å². The van der Waals surface area contributed by atoms with Crippen LogP contribution in [0.5, 0.6) is 0 Å². The van der Waals surface area contributed by atoms with Crippen molar-refractivity contribution in [1.29, 1.82) is 0 Å². The molecule has 0 aliphatic heterocycles. The van der Waals surface area contributed by atoms with Gasteiger partial charge in [0.25, 0.3) is 0 Å². The Kier molecular flexibility index (Phi) is 9.51. The number of rotatable bonds is 10. The first-order valence-corrected chi connectivity index (χ1v) is 7.10. The second-order valence-electron chi connectivity index (χ2n) is 5.37. The van der Waals surface area contributed by atoms with Crippen molar-refractivity contribution in [1.82, 2.24) is 16.0 Å². The zero-order chi connectivity index (χ0) is 18.0. The molecule has 0 aromatic rings. The van der Waals surface area contributed by atoms with Crippen LogP contribution in [0, 0.1) is 5.92 Å². The van der Waals surface area contributed by atoms with Gasteiger partial charge in [-0.25, -0.2) is 4.79 Å². The zero-order valence-electron chi connectivity index (χ0n) is 13.2. The summed E-state index contributed by atoms with van der Waals surface area (Å²) in [5.74, 6) is -3.02. The third-order valence-electron chi connectivity index (χ3n) is 2.75. The second-order valence-corrected chi connectivity index (χ2v) is 5.37. The molecule has 0 aromatic heterocycles. The van der Waals surface area contributed by atoms with Gasteiger partial charge in [0.2, 0.25) is 17.7 Å². The number of carbonyl (C=O) groups is 4. The molecule has 0 aliphatic carbocycles. The molecule has 0 spiro atoms. The molecule has 10 heteroatoms. The maximum atomic E-state index is 11.6. The molecule has 0 bridgehead atoms. The highest BCUT2D eigenvalue weighted by Crippen LogP contribution is 2.02. The summed E-state index contributed by atoms with van der Waals surface area (Å²) in [6.07, 6.45) is 0.480. The van der Waals surface area contributed by atoms with E-state index in [1.54, 1.807) is 0 Å². The van der Waals surface area contributed by atoms with Crippen LogP contribution in [0.2, 0.25) is 0 Å². The predicted molar refractivity (Wildman–Crippen MR) is 80.1 cm³/mol. The van der Waals surface area contributed by atoms with Crippen molar-refractivity contribution < 1.29 is 29.4 Å². The van der Waals surface area contributed by atoms with Crippen LogP contribution >= 0.6 is 0 Å². The van der Waals surface area contributed by atoms with Gasteiger partial charge >= 0.3 is 5.97 Å². The summed E-state index contributed by atoms with van der Waals surface area (Å²) < 4.78 is 0. The van der Waals surface area contributed by atoms with E-state index in [2.05, 4.69) is 10.6 Å². The normalized spacial score (nSPS) is 13.1. The molecule has 0 saturated heterocycles. The zero-order valence-corrected chi connectivity index (χ0v) is 13.2. The smallest absolute Gasteiger partial charge is 0.328 e. The summed E-state index contributed by atoms with van der Waals surface area (Å²) in [6, 6.07) is -2.15. The quantitative estimate of drug-likeness (QED) is 0.250. The molecule has 2 unspecified atom stereocenters. The molecule has 3 amide bonds. The first-order valence-electron chi connectivity index (χ1n) is 7.10. The summed E-state index contributed by atoms with van der Waals surface area (Å²) >= 11 is 0. The van der Waals surface area contributed by atoms with Gasteiger partial charge in [0.05, 0.1) is 25.7 Å². The Balaban J connectivity index is 4.05. The summed E-state index contributed by atoms with van der Waals surface area (Å²) in [7, 11) is 0. The fourth-order valence-electron chi connectivity index (χ4n) is 1.59. The number of nitrogens with one attached hydrogen (secondary N) is 3. The maximum absolute atomic E-state index is 11.6. The van der Waals surface area contributed by atoms with Gasteiger partial charge in [-0.05, 0) is 12.3 Å². The molecule has 0 radical (unpaired) electrons. The van der Waals surface area contributed by atoms with Gasteiger partial charge in [0.1, 0.15) is 6.04 Å². The Hall–Kier alpha value is -2.20. The Morgan fingerprint density at radius 3 is 2.09 bits per heavy atom. The highest BCUT2D eigenvalue weighted by Gasteiger charge is 2.19. The van der Waals surface area contributed by atoms with E-state index < -0.39 is 48.9 Å². The van der Waals surface area contributed by atoms with Crippen LogP contribution in [-0.4, -0.2) is 65.7 Å². The SMILES string of the molecule is CC(C)CC(N)C(=O)NCC(=O)NCC(=O)NC(CO)C(=O)O. The number of aliphatic hydroxyl groups excluding tert-OH is 1. The largest absolute Gasteiger partial charge is 0.480 e. The first kappa shape index (κ1) is 20.8. The van der Waals surface area contributed by atoms with Gasteiger partial charge < -0.3 is 31.9 Å². The third-order valence-corrected chi connectivity index (χ3v) is 2.75. The number of hydrogen-bond donors (Lipinski definition) is 6. The predicted octanol–water partition coefficient (Wildman–Crippen LogP) is -2.85. The lowest BCUT2D eigenvalue weighted by Crippen LogP contribution is -2.49. The standard InChI is InChI=1S/C13H24N4O6/c1-7(2)3-8(14)12(21)16-4-10(19)15-5-11(20)17-9(6-18)13(22)23/h7-9,18H,3-6,14H2,1-2H3,(H,15,19)(H,16,21)(H,17,20)(H,22,23). The number of nitrogens with two attached hydrogens (primary N) is 1. The highest BCUT2D eigenvalue weighted by atomic mass is 16.4. The molecule has 0 fully saturated rings. The molecule has 0 aromatic carbocycles. The Morgan fingerprint density at radius 2 is 1.61 bits per heavy atom. The summed E-state index contributed by atoms with van der Waals surface area (Å²) in [5, 5.41) is 23.9. The second kappa shape index (κ2) is 10.5. The van der Waals surface area contributed by atoms with Crippen LogP contribution in [0.15, 0.2) is 0 Å². The van der Waals surface area contributed by atoms with Crippen LogP contribution in [0.3, 0.4) is 0 Å². The van der Waals surface area contributed by atoms with E-state index in [4.69, 9.17) is 15.9 Å². The maximum Gasteiger partial charge on any atom is 0.328 e. The van der Waals surface area contributed by atoms with E-state index in [-0.39, 0.29) is 12.5 Å². The van der Waals surface area contributed by atoms with Crippen molar-refractivity contribution in [2.75, 3.05) is 19.7 Å². The number of aliphatic carboxylic acids is 1. The van der Waals surface area contributed by atoms with Gasteiger partial charge in [-0.15, -0.1) is 0 Å². The van der Waals surface area contributed by atoms with Crippen molar-refractivity contribution in [2.24, 2.45) is 11.7 Å². The molecular formula is C13H24N4O6. The van der Waals surface area contributed by atoms with Gasteiger partial charge in [0, 0.05) is 0 Å². The monoisotopic (exact) mass is 332 g/mol. The molecule has 2 atom stereocenters. The van der Waals surface area contributed by atoms with E-state index in [9.17, 15) is 19.2 Å². The van der Waals surface area contributed by atoms with E-state index >= 15 is 0 Å². The van der Waals surface area contributed by atoms with E-state index in [0.717, 1.165) is 0 Å². The van der Waals surface area contributed by atoms with Gasteiger partial charge in [-0.1, -0.05) is 13.8 Å². The molecular weight excluding hydrogens is 308 g/mol. The fourth-order valence-corrected chi connectivity index (χ4v) is 1.59. The molecule has 0 heterocycles. The average molecular weight is 332 g/mol. The molecule has 0 saturated carbocycles. The number of carboxylic acids is 1.